The number of hydrogen-bond donors (Lipinski definition) is 3. The number of aliphatic hydroxyl groups is 1. The predicted molar refractivity (Wildman–Crippen MR) is 68.1 cm³/mol. The number of carbonyl (C=O) groups excluding carboxylic acids is 3. The maximum Gasteiger partial charge on any atom is 0.326 e. The molecule has 0 spiro atoms. The molecule has 0 aromatic rings. The second-order valence-corrected chi connectivity index (χ2v) is 5.74. The summed E-state index contributed by atoms with van der Waals surface area (Å²) in [7, 11) is 0. The van der Waals surface area contributed by atoms with Gasteiger partial charge in [-0.05, 0) is 13.8 Å². The van der Waals surface area contributed by atoms with E-state index in [4.69, 9.17) is 5.11 Å². The summed E-state index contributed by atoms with van der Waals surface area (Å²) >= 11 is 0. The van der Waals surface area contributed by atoms with Crippen LogP contribution >= 0.6 is 0 Å². The second kappa shape index (κ2) is 4.99. The Bertz CT molecular complexity index is 517. The lowest BCUT2D eigenvalue weighted by Crippen LogP contribution is -2.47. The van der Waals surface area contributed by atoms with Gasteiger partial charge in [-0.15, -0.1) is 0 Å². The third kappa shape index (κ3) is 2.68. The Kier molecular flexibility index (Phi) is 3.62. The molecule has 2 heterocycles. The minimum Gasteiger partial charge on any atom is -0.480 e. The van der Waals surface area contributed by atoms with Gasteiger partial charge in [-0.2, -0.15) is 0 Å². The molecule has 0 aromatic carbocycles. The van der Waals surface area contributed by atoms with E-state index in [2.05, 4.69) is 5.32 Å². The summed E-state index contributed by atoms with van der Waals surface area (Å²) in [5.41, 5.74) is -1.09. The van der Waals surface area contributed by atoms with E-state index < -0.39 is 48.0 Å². The molecule has 9 nitrogen and oxygen atoms in total. The molecule has 2 fully saturated rings. The molecule has 0 bridgehead atoms. The minimum atomic E-state index is -1.22. The summed E-state index contributed by atoms with van der Waals surface area (Å²) in [5, 5.41) is 21.0. The first-order valence-electron chi connectivity index (χ1n) is 6.48. The molecule has 2 aliphatic rings. The maximum atomic E-state index is 12.1. The first-order valence-corrected chi connectivity index (χ1v) is 6.48. The summed E-state index contributed by atoms with van der Waals surface area (Å²) in [5.74, 6) is -2.45. The Morgan fingerprint density at radius 2 is 2.00 bits per heavy atom. The van der Waals surface area contributed by atoms with Gasteiger partial charge in [0.05, 0.1) is 6.10 Å². The van der Waals surface area contributed by atoms with Gasteiger partial charge >= 0.3 is 12.0 Å². The van der Waals surface area contributed by atoms with E-state index in [0.717, 1.165) is 9.80 Å². The van der Waals surface area contributed by atoms with Crippen LogP contribution in [0, 0.1) is 0 Å². The van der Waals surface area contributed by atoms with Gasteiger partial charge < -0.3 is 20.4 Å². The molecule has 21 heavy (non-hydrogen) atoms. The van der Waals surface area contributed by atoms with E-state index >= 15 is 0 Å². The van der Waals surface area contributed by atoms with Gasteiger partial charge in [0, 0.05) is 13.0 Å². The molecule has 2 rings (SSSR count). The zero-order chi connectivity index (χ0) is 15.9. The second-order valence-electron chi connectivity index (χ2n) is 5.74. The summed E-state index contributed by atoms with van der Waals surface area (Å²) < 4.78 is 0. The number of nitrogens with zero attached hydrogens (tertiary/aromatic N) is 2. The SMILES string of the molecule is CC1(C)NC(=O)N(CC(=O)N2C[C@@H](O)C[C@H]2C(=O)O)C1=O. The van der Waals surface area contributed by atoms with Gasteiger partial charge in [-0.3, -0.25) is 14.5 Å². The number of likely N-dealkylation sites (tertiary alicyclic amines) is 1. The van der Waals surface area contributed by atoms with Crippen LogP contribution in [0.4, 0.5) is 4.79 Å². The minimum absolute atomic E-state index is 0.0628. The van der Waals surface area contributed by atoms with Crippen molar-refractivity contribution in [2.24, 2.45) is 0 Å². The molecule has 0 unspecified atom stereocenters. The molecular weight excluding hydrogens is 282 g/mol. The quantitative estimate of drug-likeness (QED) is 0.537. The van der Waals surface area contributed by atoms with Crippen molar-refractivity contribution in [3.8, 4) is 0 Å². The molecule has 0 aromatic heterocycles. The van der Waals surface area contributed by atoms with E-state index in [0.29, 0.717) is 0 Å². The number of nitrogens with one attached hydrogen (secondary N) is 1. The Balaban J connectivity index is 2.10. The van der Waals surface area contributed by atoms with Gasteiger partial charge in [0.2, 0.25) is 5.91 Å². The van der Waals surface area contributed by atoms with Crippen LogP contribution < -0.4 is 5.32 Å². The summed E-state index contributed by atoms with van der Waals surface area (Å²) in [6, 6.07) is -1.83. The molecule has 9 heteroatoms. The monoisotopic (exact) mass is 299 g/mol. The lowest BCUT2D eigenvalue weighted by molar-refractivity contribution is -0.149. The van der Waals surface area contributed by atoms with Gasteiger partial charge in [0.1, 0.15) is 18.1 Å². The zero-order valence-electron chi connectivity index (χ0n) is 11.7. The number of imide groups is 1. The lowest BCUT2D eigenvalue weighted by atomic mass is 10.1. The molecule has 2 saturated heterocycles. The highest BCUT2D eigenvalue weighted by Gasteiger charge is 2.47. The summed E-state index contributed by atoms with van der Waals surface area (Å²) in [6.45, 7) is 2.36. The number of aliphatic carboxylic acids is 1. The highest BCUT2D eigenvalue weighted by molar-refractivity contribution is 6.08. The third-order valence-electron chi connectivity index (χ3n) is 3.62. The Morgan fingerprint density at radius 1 is 1.38 bits per heavy atom. The van der Waals surface area contributed by atoms with Crippen molar-refractivity contribution in [3.63, 3.8) is 0 Å². The van der Waals surface area contributed by atoms with E-state index in [9.17, 15) is 24.3 Å². The van der Waals surface area contributed by atoms with Crippen LogP contribution in [0.15, 0.2) is 0 Å². The Morgan fingerprint density at radius 3 is 2.48 bits per heavy atom. The smallest absolute Gasteiger partial charge is 0.326 e. The Hall–Kier alpha value is -2.16. The molecule has 3 N–H and O–H groups in total. The topological polar surface area (TPSA) is 127 Å². The van der Waals surface area contributed by atoms with E-state index in [1.165, 1.54) is 13.8 Å². The molecule has 0 aliphatic carbocycles. The highest BCUT2D eigenvalue weighted by atomic mass is 16.4. The van der Waals surface area contributed by atoms with Crippen molar-refractivity contribution in [1.29, 1.82) is 0 Å². The molecule has 2 aliphatic heterocycles. The zero-order valence-corrected chi connectivity index (χ0v) is 11.7. The van der Waals surface area contributed by atoms with E-state index in [1.54, 1.807) is 0 Å². The first kappa shape index (κ1) is 15.2. The van der Waals surface area contributed by atoms with Gasteiger partial charge in [-0.1, -0.05) is 0 Å². The van der Waals surface area contributed by atoms with Gasteiger partial charge in [0.15, 0.2) is 0 Å². The van der Waals surface area contributed by atoms with Crippen molar-refractivity contribution in [2.75, 3.05) is 13.1 Å². The molecule has 0 saturated carbocycles. The van der Waals surface area contributed by atoms with Crippen molar-refractivity contribution in [3.05, 3.63) is 0 Å². The number of urea groups is 1. The predicted octanol–water partition coefficient (Wildman–Crippen LogP) is -1.64. The van der Waals surface area contributed by atoms with Gasteiger partial charge in [-0.25, -0.2) is 9.59 Å². The summed E-state index contributed by atoms with van der Waals surface area (Å²) in [6.07, 6.45) is -0.984. The molecule has 2 atom stereocenters. The fraction of sp³-hybridized carbons (Fsp3) is 0.667. The van der Waals surface area contributed by atoms with Crippen LogP contribution in [0.25, 0.3) is 0 Å². The number of carboxylic acid groups (broad SMARTS) is 1. The number of carboxylic acids is 1. The normalized spacial score (nSPS) is 28.0. The molecular formula is C12H17N3O6. The number of hydrogen-bond acceptors (Lipinski definition) is 5. The van der Waals surface area contributed by atoms with Crippen LogP contribution in [0.3, 0.4) is 0 Å². The van der Waals surface area contributed by atoms with Crippen LogP contribution in [0.5, 0.6) is 0 Å². The van der Waals surface area contributed by atoms with Crippen LogP contribution in [0.1, 0.15) is 20.3 Å². The first-order chi connectivity index (χ1) is 9.63. The van der Waals surface area contributed by atoms with Crippen molar-refractivity contribution >= 4 is 23.8 Å². The highest BCUT2D eigenvalue weighted by Crippen LogP contribution is 2.21. The number of carbonyl (C=O) groups is 4. The van der Waals surface area contributed by atoms with E-state index in [1.807, 2.05) is 0 Å². The van der Waals surface area contributed by atoms with Crippen molar-refractivity contribution in [1.82, 2.24) is 15.1 Å². The largest absolute Gasteiger partial charge is 0.480 e. The third-order valence-corrected chi connectivity index (χ3v) is 3.62. The van der Waals surface area contributed by atoms with E-state index in [-0.39, 0.29) is 13.0 Å². The number of aliphatic hydroxyl groups excluding tert-OH is 1. The number of β-amino-alcohol motifs (C(OH)–C–C–N with tert-alkyl or cyclic N) is 1. The average Bonchev–Trinajstić information content (AvgIpc) is 2.83. The lowest BCUT2D eigenvalue weighted by Gasteiger charge is -2.23. The fourth-order valence-electron chi connectivity index (χ4n) is 2.51. The average molecular weight is 299 g/mol. The molecule has 0 radical (unpaired) electrons. The number of rotatable bonds is 3. The van der Waals surface area contributed by atoms with Crippen LogP contribution in [-0.2, 0) is 14.4 Å². The van der Waals surface area contributed by atoms with Crippen LogP contribution in [-0.4, -0.2) is 74.6 Å². The number of amides is 4. The van der Waals surface area contributed by atoms with Gasteiger partial charge in [0.25, 0.3) is 5.91 Å². The fourth-order valence-corrected chi connectivity index (χ4v) is 2.51. The maximum absolute atomic E-state index is 12.1. The molecule has 4 amide bonds. The molecule has 116 valence electrons. The summed E-state index contributed by atoms with van der Waals surface area (Å²) in [4.78, 5) is 48.6. The van der Waals surface area contributed by atoms with Crippen molar-refractivity contribution < 1.29 is 29.4 Å². The van der Waals surface area contributed by atoms with Crippen molar-refractivity contribution in [2.45, 2.75) is 38.0 Å². The van der Waals surface area contributed by atoms with Crippen LogP contribution in [0.2, 0.25) is 0 Å². The standard InChI is InChI=1S/C12H17N3O6/c1-12(2)10(20)15(11(21)13-12)5-8(17)14-4-6(16)3-7(14)9(18)19/h6-7,16H,3-5H2,1-2H3,(H,13,21)(H,18,19)/t6-,7-/m0/s1. The Labute approximate surface area is 120 Å².